The Morgan fingerprint density at radius 1 is 1.03 bits per heavy atom. The number of aromatic nitrogens is 1. The summed E-state index contributed by atoms with van der Waals surface area (Å²) in [7, 11) is 0. The van der Waals surface area contributed by atoms with Gasteiger partial charge >= 0.3 is 0 Å². The van der Waals surface area contributed by atoms with Crippen LogP contribution in [0.3, 0.4) is 0 Å². The van der Waals surface area contributed by atoms with Gasteiger partial charge in [0.25, 0.3) is 0 Å². The van der Waals surface area contributed by atoms with Crippen molar-refractivity contribution in [3.05, 3.63) is 88.6 Å². The molecule has 3 aromatic rings. The van der Waals surface area contributed by atoms with Crippen molar-refractivity contribution in [2.24, 2.45) is 0 Å². The van der Waals surface area contributed by atoms with Crippen molar-refractivity contribution >= 4 is 23.3 Å². The fourth-order valence-corrected chi connectivity index (χ4v) is 5.53. The molecular formula is C28H29N5O2. The average molecular weight is 468 g/mol. The molecule has 1 aromatic heterocycles. The largest absolute Gasteiger partial charge is 0.325 e. The molecule has 2 aliphatic heterocycles. The van der Waals surface area contributed by atoms with Gasteiger partial charge in [-0.25, -0.2) is 4.98 Å². The van der Waals surface area contributed by atoms with Gasteiger partial charge in [0.1, 0.15) is 5.82 Å². The van der Waals surface area contributed by atoms with Crippen molar-refractivity contribution in [2.45, 2.75) is 37.8 Å². The number of hydrogen-bond donors (Lipinski definition) is 3. The van der Waals surface area contributed by atoms with E-state index in [9.17, 15) is 9.59 Å². The normalized spacial score (nSPS) is 20.3. The lowest BCUT2D eigenvalue weighted by molar-refractivity contribution is -0.120. The van der Waals surface area contributed by atoms with E-state index in [1.54, 1.807) is 6.20 Å². The molecule has 0 bridgehead atoms. The van der Waals surface area contributed by atoms with Crippen molar-refractivity contribution in [3.8, 4) is 0 Å². The molecule has 2 amide bonds. The smallest absolute Gasteiger partial charge is 0.238 e. The Balaban J connectivity index is 1.07. The van der Waals surface area contributed by atoms with Crippen molar-refractivity contribution < 1.29 is 9.59 Å². The first-order valence-corrected chi connectivity index (χ1v) is 12.3. The van der Waals surface area contributed by atoms with Crippen LogP contribution in [0.25, 0.3) is 0 Å². The number of rotatable bonds is 7. The minimum Gasteiger partial charge on any atom is -0.325 e. The molecule has 1 saturated heterocycles. The van der Waals surface area contributed by atoms with Crippen LogP contribution in [-0.2, 0) is 40.9 Å². The number of amides is 2. The van der Waals surface area contributed by atoms with Gasteiger partial charge in [-0.2, -0.15) is 0 Å². The Hall–Kier alpha value is -3.55. The number of carbonyl (C=O) groups is 2. The zero-order valence-corrected chi connectivity index (χ0v) is 19.6. The van der Waals surface area contributed by atoms with Crippen LogP contribution in [0.1, 0.15) is 34.2 Å². The van der Waals surface area contributed by atoms with Gasteiger partial charge in [-0.05, 0) is 72.8 Å². The quantitative estimate of drug-likeness (QED) is 0.497. The van der Waals surface area contributed by atoms with Crippen molar-refractivity contribution in [1.29, 1.82) is 0 Å². The molecule has 3 aliphatic rings. The van der Waals surface area contributed by atoms with E-state index in [0.717, 1.165) is 28.9 Å². The van der Waals surface area contributed by atoms with Gasteiger partial charge in [0.15, 0.2) is 0 Å². The molecule has 7 heteroatoms. The molecule has 3 N–H and O–H groups in total. The highest BCUT2D eigenvalue weighted by Crippen LogP contribution is 2.46. The first kappa shape index (κ1) is 21.9. The highest BCUT2D eigenvalue weighted by Gasteiger charge is 2.51. The third-order valence-electron chi connectivity index (χ3n) is 7.53. The lowest BCUT2D eigenvalue weighted by atomic mass is 9.79. The SMILES string of the molecule is O=C(CNCc1ccccc1CN1CCC1)Nc1ccc2c(c1)CC1(C2)C(=O)Nc2ncccc21. The van der Waals surface area contributed by atoms with Gasteiger partial charge in [-0.15, -0.1) is 0 Å². The van der Waals surface area contributed by atoms with E-state index >= 15 is 0 Å². The van der Waals surface area contributed by atoms with Crippen molar-refractivity contribution in [3.63, 3.8) is 0 Å². The third kappa shape index (κ3) is 4.11. The Kier molecular flexibility index (Phi) is 5.59. The molecule has 1 aliphatic carbocycles. The summed E-state index contributed by atoms with van der Waals surface area (Å²) in [6.07, 6.45) is 4.25. The number of anilines is 2. The zero-order chi connectivity index (χ0) is 23.8. The lowest BCUT2D eigenvalue weighted by Crippen LogP contribution is -2.36. The van der Waals surface area contributed by atoms with E-state index in [2.05, 4.69) is 44.0 Å². The van der Waals surface area contributed by atoms with Gasteiger partial charge in [0.05, 0.1) is 12.0 Å². The standard InChI is InChI=1S/C28H29N5O2/c34-25(17-29-16-20-5-1-2-6-21(20)18-33-11-4-12-33)31-23-9-8-19-14-28(15-22(19)13-23)24-7-3-10-30-26(24)32-27(28)35/h1-3,5-10,13,29H,4,11-12,14-18H2,(H,31,34)(H,30,32,35). The maximum Gasteiger partial charge on any atom is 0.238 e. The summed E-state index contributed by atoms with van der Waals surface area (Å²) in [5, 5.41) is 9.24. The Morgan fingerprint density at radius 3 is 2.69 bits per heavy atom. The number of carbonyl (C=O) groups excluding carboxylic acids is 2. The predicted molar refractivity (Wildman–Crippen MR) is 135 cm³/mol. The maximum atomic E-state index is 12.9. The second kappa shape index (κ2) is 8.91. The van der Waals surface area contributed by atoms with Gasteiger partial charge in [-0.1, -0.05) is 36.4 Å². The van der Waals surface area contributed by atoms with Gasteiger partial charge < -0.3 is 16.0 Å². The molecule has 2 aromatic carbocycles. The summed E-state index contributed by atoms with van der Waals surface area (Å²) in [6.45, 7) is 4.20. The molecule has 1 atom stereocenters. The van der Waals surface area contributed by atoms with E-state index in [-0.39, 0.29) is 18.4 Å². The summed E-state index contributed by atoms with van der Waals surface area (Å²) >= 11 is 0. The maximum absolute atomic E-state index is 12.9. The molecule has 0 radical (unpaired) electrons. The highest BCUT2D eigenvalue weighted by molar-refractivity contribution is 6.06. The molecule has 178 valence electrons. The van der Waals surface area contributed by atoms with E-state index in [4.69, 9.17) is 0 Å². The van der Waals surface area contributed by atoms with Crippen LogP contribution in [0.2, 0.25) is 0 Å². The predicted octanol–water partition coefficient (Wildman–Crippen LogP) is 3.00. The van der Waals surface area contributed by atoms with Gasteiger partial charge in [-0.3, -0.25) is 14.5 Å². The minimum absolute atomic E-state index is 0.00609. The number of fused-ring (bicyclic) bond motifs is 3. The number of likely N-dealkylation sites (tertiary alicyclic amines) is 1. The van der Waals surface area contributed by atoms with Crippen LogP contribution in [0, 0.1) is 0 Å². The number of benzene rings is 2. The van der Waals surface area contributed by atoms with Crippen LogP contribution in [0.15, 0.2) is 60.8 Å². The monoisotopic (exact) mass is 467 g/mol. The number of nitrogens with one attached hydrogen (secondary N) is 3. The van der Waals surface area contributed by atoms with Crippen LogP contribution in [0.4, 0.5) is 11.5 Å². The van der Waals surface area contributed by atoms with Gasteiger partial charge in [0, 0.05) is 30.5 Å². The summed E-state index contributed by atoms with van der Waals surface area (Å²) in [4.78, 5) is 32.3. The van der Waals surface area contributed by atoms with E-state index in [0.29, 0.717) is 25.2 Å². The Morgan fingerprint density at radius 2 is 1.86 bits per heavy atom. The van der Waals surface area contributed by atoms with Crippen LogP contribution in [-0.4, -0.2) is 41.3 Å². The Bertz CT molecular complexity index is 1300. The zero-order valence-electron chi connectivity index (χ0n) is 19.6. The summed E-state index contributed by atoms with van der Waals surface area (Å²) in [6, 6.07) is 18.3. The molecule has 35 heavy (non-hydrogen) atoms. The first-order chi connectivity index (χ1) is 17.1. The topological polar surface area (TPSA) is 86.4 Å². The first-order valence-electron chi connectivity index (χ1n) is 12.3. The lowest BCUT2D eigenvalue weighted by Gasteiger charge is -2.31. The summed E-state index contributed by atoms with van der Waals surface area (Å²) in [5.41, 5.74) is 5.93. The van der Waals surface area contributed by atoms with E-state index in [1.165, 1.54) is 30.6 Å². The molecule has 1 fully saturated rings. The summed E-state index contributed by atoms with van der Waals surface area (Å²) in [5.74, 6) is 0.592. The molecule has 0 saturated carbocycles. The van der Waals surface area contributed by atoms with Crippen molar-refractivity contribution in [1.82, 2.24) is 15.2 Å². The number of nitrogens with zero attached hydrogens (tertiary/aromatic N) is 2. The molecular weight excluding hydrogens is 438 g/mol. The minimum atomic E-state index is -0.598. The fourth-order valence-electron chi connectivity index (χ4n) is 5.53. The van der Waals surface area contributed by atoms with Crippen LogP contribution >= 0.6 is 0 Å². The molecule has 3 heterocycles. The van der Waals surface area contributed by atoms with Crippen molar-refractivity contribution in [2.75, 3.05) is 30.3 Å². The Labute approximate surface area is 204 Å². The van der Waals surface area contributed by atoms with E-state index in [1.807, 2.05) is 36.4 Å². The fraction of sp³-hybridized carbons (Fsp3) is 0.321. The van der Waals surface area contributed by atoms with Gasteiger partial charge in [0.2, 0.25) is 11.8 Å². The van der Waals surface area contributed by atoms with Crippen LogP contribution in [0.5, 0.6) is 0 Å². The molecule has 1 spiro atoms. The van der Waals surface area contributed by atoms with Crippen LogP contribution < -0.4 is 16.0 Å². The second-order valence-corrected chi connectivity index (χ2v) is 9.82. The second-order valence-electron chi connectivity index (χ2n) is 9.82. The third-order valence-corrected chi connectivity index (χ3v) is 7.53. The van der Waals surface area contributed by atoms with E-state index < -0.39 is 5.41 Å². The number of pyridine rings is 1. The number of hydrogen-bond acceptors (Lipinski definition) is 5. The molecule has 1 unspecified atom stereocenters. The average Bonchev–Trinajstić information content (AvgIpc) is 3.34. The summed E-state index contributed by atoms with van der Waals surface area (Å²) < 4.78 is 0. The molecule has 7 nitrogen and oxygen atoms in total. The molecule has 6 rings (SSSR count). The highest BCUT2D eigenvalue weighted by atomic mass is 16.2.